The molecule has 0 radical (unpaired) electrons. The molecular formula is C12H19N3O2S. The molecule has 1 aromatic carbocycles. The predicted octanol–water partition coefficient (Wildman–Crippen LogP) is 2.07. The average Bonchev–Trinajstić information content (AvgIpc) is 2.24. The van der Waals surface area contributed by atoms with Crippen LogP contribution in [-0.4, -0.2) is 14.5 Å². The molecule has 1 rings (SSSR count). The Labute approximate surface area is 108 Å². The molecule has 100 valence electrons. The van der Waals surface area contributed by atoms with Gasteiger partial charge in [-0.05, 0) is 38.0 Å². The fourth-order valence-corrected chi connectivity index (χ4v) is 2.02. The van der Waals surface area contributed by atoms with Crippen LogP contribution in [0.5, 0.6) is 0 Å². The van der Waals surface area contributed by atoms with Crippen LogP contribution in [0.1, 0.15) is 19.8 Å². The summed E-state index contributed by atoms with van der Waals surface area (Å²) in [6.45, 7) is 5.73. The summed E-state index contributed by atoms with van der Waals surface area (Å²) in [5, 5.41) is 8.19. The molecule has 4 N–H and O–H groups in total. The van der Waals surface area contributed by atoms with Crippen molar-refractivity contribution in [3.05, 3.63) is 36.9 Å². The van der Waals surface area contributed by atoms with E-state index in [0.717, 1.165) is 18.5 Å². The smallest absolute Gasteiger partial charge is 0.296 e. The number of nitrogens with one attached hydrogen (secondary N) is 2. The molecule has 0 aromatic heterocycles. The van der Waals surface area contributed by atoms with Crippen molar-refractivity contribution in [3.63, 3.8) is 0 Å². The van der Waals surface area contributed by atoms with Crippen molar-refractivity contribution >= 4 is 21.6 Å². The number of hydrogen-bond acceptors (Lipinski definition) is 3. The van der Waals surface area contributed by atoms with Crippen LogP contribution in [-0.2, 0) is 10.2 Å². The highest BCUT2D eigenvalue weighted by atomic mass is 32.2. The van der Waals surface area contributed by atoms with Crippen molar-refractivity contribution in [2.24, 2.45) is 5.14 Å². The lowest BCUT2D eigenvalue weighted by molar-refractivity contribution is 0.603. The molecule has 18 heavy (non-hydrogen) atoms. The van der Waals surface area contributed by atoms with Crippen molar-refractivity contribution in [2.75, 3.05) is 10.0 Å². The Bertz CT molecular complexity index is 500. The van der Waals surface area contributed by atoms with Gasteiger partial charge in [0.15, 0.2) is 0 Å². The third-order valence-electron chi connectivity index (χ3n) is 2.34. The lowest BCUT2D eigenvalue weighted by Gasteiger charge is -2.15. The Balaban J connectivity index is 2.67. The fraction of sp³-hybridized carbons (Fsp3) is 0.333. The van der Waals surface area contributed by atoms with Gasteiger partial charge in [0.2, 0.25) is 0 Å². The Morgan fingerprint density at radius 2 is 2.11 bits per heavy atom. The highest BCUT2D eigenvalue weighted by Gasteiger charge is 2.04. The van der Waals surface area contributed by atoms with Crippen molar-refractivity contribution < 1.29 is 8.42 Å². The second kappa shape index (κ2) is 6.42. The summed E-state index contributed by atoms with van der Waals surface area (Å²) >= 11 is 0. The summed E-state index contributed by atoms with van der Waals surface area (Å²) in [5.74, 6) is 0. The van der Waals surface area contributed by atoms with E-state index in [0.29, 0.717) is 5.69 Å². The third-order valence-corrected chi connectivity index (χ3v) is 2.86. The first-order valence-electron chi connectivity index (χ1n) is 5.69. The van der Waals surface area contributed by atoms with E-state index in [2.05, 4.69) is 23.5 Å². The average molecular weight is 269 g/mol. The monoisotopic (exact) mass is 269 g/mol. The van der Waals surface area contributed by atoms with Gasteiger partial charge in [0.1, 0.15) is 0 Å². The van der Waals surface area contributed by atoms with E-state index < -0.39 is 10.2 Å². The van der Waals surface area contributed by atoms with Crippen LogP contribution in [0.25, 0.3) is 0 Å². The minimum Gasteiger partial charge on any atom is -0.383 e. The Kier molecular flexibility index (Phi) is 5.18. The number of hydrogen-bond donors (Lipinski definition) is 3. The molecule has 6 heteroatoms. The molecule has 0 spiro atoms. The van der Waals surface area contributed by atoms with Crippen LogP contribution < -0.4 is 15.2 Å². The van der Waals surface area contributed by atoms with E-state index in [1.54, 1.807) is 18.2 Å². The first-order chi connectivity index (χ1) is 8.40. The Hall–Kier alpha value is -1.53. The zero-order valence-corrected chi connectivity index (χ0v) is 11.2. The molecule has 0 aliphatic carbocycles. The molecule has 0 amide bonds. The molecule has 1 aromatic rings. The third kappa shape index (κ3) is 5.70. The molecule has 0 aliphatic rings. The van der Waals surface area contributed by atoms with Crippen molar-refractivity contribution in [1.82, 2.24) is 0 Å². The number of benzene rings is 1. The van der Waals surface area contributed by atoms with E-state index in [9.17, 15) is 8.42 Å². The predicted molar refractivity (Wildman–Crippen MR) is 75.7 cm³/mol. The molecule has 0 fully saturated rings. The van der Waals surface area contributed by atoms with E-state index in [1.807, 2.05) is 12.1 Å². The maximum atomic E-state index is 10.9. The minimum absolute atomic E-state index is 0.285. The molecule has 5 nitrogen and oxygen atoms in total. The van der Waals surface area contributed by atoms with E-state index in [1.165, 1.54) is 0 Å². The highest BCUT2D eigenvalue weighted by Crippen LogP contribution is 2.17. The first kappa shape index (κ1) is 14.5. The van der Waals surface area contributed by atoms with Crippen molar-refractivity contribution in [2.45, 2.75) is 25.8 Å². The van der Waals surface area contributed by atoms with Gasteiger partial charge in [0.05, 0.1) is 5.69 Å². The SMILES string of the molecule is C=CCCC(C)Nc1cccc(NS(N)(=O)=O)c1. The van der Waals surface area contributed by atoms with Gasteiger partial charge in [-0.2, -0.15) is 8.42 Å². The number of allylic oxidation sites excluding steroid dienone is 1. The summed E-state index contributed by atoms with van der Waals surface area (Å²) in [6.07, 6.45) is 3.77. The van der Waals surface area contributed by atoms with Gasteiger partial charge in [-0.1, -0.05) is 12.1 Å². The number of anilines is 2. The van der Waals surface area contributed by atoms with Crippen molar-refractivity contribution in [1.29, 1.82) is 0 Å². The molecule has 0 heterocycles. The van der Waals surface area contributed by atoms with E-state index >= 15 is 0 Å². The summed E-state index contributed by atoms with van der Waals surface area (Å²) in [5.41, 5.74) is 1.29. The number of rotatable bonds is 7. The second-order valence-electron chi connectivity index (χ2n) is 4.14. The maximum absolute atomic E-state index is 10.9. The Morgan fingerprint density at radius 1 is 1.44 bits per heavy atom. The quantitative estimate of drug-likeness (QED) is 0.662. The van der Waals surface area contributed by atoms with Crippen LogP contribution >= 0.6 is 0 Å². The topological polar surface area (TPSA) is 84.2 Å². The molecule has 0 bridgehead atoms. The lowest BCUT2D eigenvalue weighted by atomic mass is 10.1. The standard InChI is InChI=1S/C12H19N3O2S/c1-3-4-6-10(2)14-11-7-5-8-12(9-11)15-18(13,16)17/h3,5,7-10,14-15H,1,4,6H2,2H3,(H2,13,16,17). The van der Waals surface area contributed by atoms with Gasteiger partial charge in [0, 0.05) is 11.7 Å². The summed E-state index contributed by atoms with van der Waals surface area (Å²) in [7, 11) is -3.73. The van der Waals surface area contributed by atoms with Crippen LogP contribution in [0.15, 0.2) is 36.9 Å². The minimum atomic E-state index is -3.73. The summed E-state index contributed by atoms with van der Waals surface area (Å²) in [6, 6.07) is 7.26. The van der Waals surface area contributed by atoms with Gasteiger partial charge in [-0.25, -0.2) is 5.14 Å². The van der Waals surface area contributed by atoms with Gasteiger partial charge < -0.3 is 5.32 Å². The van der Waals surface area contributed by atoms with Gasteiger partial charge in [0.25, 0.3) is 10.2 Å². The van der Waals surface area contributed by atoms with Gasteiger partial charge in [-0.3, -0.25) is 4.72 Å². The normalized spacial score (nSPS) is 12.8. The molecule has 1 atom stereocenters. The summed E-state index contributed by atoms with van der Waals surface area (Å²) < 4.78 is 24.1. The zero-order valence-electron chi connectivity index (χ0n) is 10.4. The lowest BCUT2D eigenvalue weighted by Crippen LogP contribution is -2.21. The number of nitrogens with two attached hydrogens (primary N) is 1. The van der Waals surface area contributed by atoms with Crippen molar-refractivity contribution in [3.8, 4) is 0 Å². The second-order valence-corrected chi connectivity index (χ2v) is 5.43. The Morgan fingerprint density at radius 3 is 2.72 bits per heavy atom. The van der Waals surface area contributed by atoms with Crippen LogP contribution in [0, 0.1) is 0 Å². The molecule has 0 aliphatic heterocycles. The molecule has 0 saturated carbocycles. The zero-order chi connectivity index (χ0) is 13.6. The van der Waals surface area contributed by atoms with E-state index in [-0.39, 0.29) is 6.04 Å². The van der Waals surface area contributed by atoms with Crippen LogP contribution in [0.2, 0.25) is 0 Å². The first-order valence-corrected chi connectivity index (χ1v) is 7.23. The largest absolute Gasteiger partial charge is 0.383 e. The maximum Gasteiger partial charge on any atom is 0.296 e. The van der Waals surface area contributed by atoms with Gasteiger partial charge in [-0.15, -0.1) is 6.58 Å². The van der Waals surface area contributed by atoms with Crippen LogP contribution in [0.4, 0.5) is 11.4 Å². The summed E-state index contributed by atoms with van der Waals surface area (Å²) in [4.78, 5) is 0. The van der Waals surface area contributed by atoms with Gasteiger partial charge >= 0.3 is 0 Å². The fourth-order valence-electron chi connectivity index (χ4n) is 1.56. The molecule has 0 saturated heterocycles. The van der Waals surface area contributed by atoms with E-state index in [4.69, 9.17) is 5.14 Å². The van der Waals surface area contributed by atoms with Crippen LogP contribution in [0.3, 0.4) is 0 Å². The highest BCUT2D eigenvalue weighted by molar-refractivity contribution is 7.90. The molecule has 1 unspecified atom stereocenters. The molecular weight excluding hydrogens is 250 g/mol.